The second kappa shape index (κ2) is 15.8. The van der Waals surface area contributed by atoms with Crippen LogP contribution in [0.5, 0.6) is 0 Å². The minimum absolute atomic E-state index is 0.0323. The van der Waals surface area contributed by atoms with E-state index in [-0.39, 0.29) is 37.4 Å². The Balaban J connectivity index is 5.47. The summed E-state index contributed by atoms with van der Waals surface area (Å²) in [4.78, 5) is 60.0. The fourth-order valence-corrected chi connectivity index (χ4v) is 3.26. The van der Waals surface area contributed by atoms with E-state index in [1.54, 1.807) is 0 Å². The first-order chi connectivity index (χ1) is 14.9. The van der Waals surface area contributed by atoms with Crippen molar-refractivity contribution in [3.8, 4) is 0 Å². The van der Waals surface area contributed by atoms with E-state index >= 15 is 0 Å². The molecule has 0 saturated heterocycles. The van der Waals surface area contributed by atoms with Crippen LogP contribution in [0.1, 0.15) is 46.0 Å². The largest absolute Gasteiger partial charge is 0.481 e. The minimum atomic E-state index is -1.24. The Bertz CT molecular complexity index is 664. The molecule has 0 aliphatic rings. The second-order valence-corrected chi connectivity index (χ2v) is 8.61. The first kappa shape index (κ1) is 30.0. The van der Waals surface area contributed by atoms with Gasteiger partial charge in [0.1, 0.15) is 18.1 Å². The quantitative estimate of drug-likeness (QED) is 0.131. The molecule has 7 N–H and O–H groups in total. The fourth-order valence-electron chi connectivity index (χ4n) is 2.72. The van der Waals surface area contributed by atoms with Crippen LogP contribution in [0, 0.1) is 5.92 Å². The predicted octanol–water partition coefficient (Wildman–Crippen LogP) is -0.597. The highest BCUT2D eigenvalue weighted by Gasteiger charge is 2.30. The molecule has 0 aliphatic heterocycles. The zero-order valence-electron chi connectivity index (χ0n) is 18.2. The summed E-state index contributed by atoms with van der Waals surface area (Å²) in [5.74, 6) is -3.96. The van der Waals surface area contributed by atoms with Crippen LogP contribution in [-0.2, 0) is 24.0 Å². The second-order valence-electron chi connectivity index (χ2n) is 7.71. The normalized spacial score (nSPS) is 14.7. The highest BCUT2D eigenvalue weighted by Crippen LogP contribution is 2.08. The fraction of sp³-hybridized carbons (Fsp3) is 0.737. The molecule has 3 amide bonds. The van der Waals surface area contributed by atoms with Gasteiger partial charge in [0.25, 0.3) is 0 Å². The third kappa shape index (κ3) is 12.2. The Morgan fingerprint density at radius 3 is 1.75 bits per heavy atom. The molecular formula is C19H34N4O7S2. The molecule has 0 aromatic heterocycles. The standard InChI is InChI=1S/C19H34N4O7S2/c1-10(2)9-14(18(28)22-13(6-8-32)19(29)30)23-17(27)12(3-4-15(24)25)21-16(26)11(20)5-7-31/h10-14,31-32H,3-9,20H2,1-2H3,(H,21,26)(H,22,28)(H,23,27)(H,24,25)(H,29,30)/t11-,12-,13+,14-/m0/s1. The van der Waals surface area contributed by atoms with Gasteiger partial charge >= 0.3 is 11.9 Å². The van der Waals surface area contributed by atoms with Gasteiger partial charge in [-0.25, -0.2) is 4.79 Å². The molecule has 0 spiro atoms. The van der Waals surface area contributed by atoms with Crippen LogP contribution in [0.15, 0.2) is 0 Å². The van der Waals surface area contributed by atoms with Crippen LogP contribution in [0.4, 0.5) is 0 Å². The maximum absolute atomic E-state index is 12.8. The van der Waals surface area contributed by atoms with Gasteiger partial charge in [-0.05, 0) is 43.1 Å². The van der Waals surface area contributed by atoms with Crippen molar-refractivity contribution in [3.05, 3.63) is 0 Å². The summed E-state index contributed by atoms with van der Waals surface area (Å²) < 4.78 is 0. The van der Waals surface area contributed by atoms with Crippen LogP contribution in [-0.4, -0.2) is 75.5 Å². The number of nitrogens with one attached hydrogen (secondary N) is 3. The number of carboxylic acids is 2. The summed E-state index contributed by atoms with van der Waals surface area (Å²) in [7, 11) is 0. The summed E-state index contributed by atoms with van der Waals surface area (Å²) in [6.45, 7) is 3.63. The molecule has 0 aliphatic carbocycles. The predicted molar refractivity (Wildman–Crippen MR) is 125 cm³/mol. The van der Waals surface area contributed by atoms with Crippen LogP contribution >= 0.6 is 25.3 Å². The number of carbonyl (C=O) groups is 5. The van der Waals surface area contributed by atoms with Crippen molar-refractivity contribution < 1.29 is 34.2 Å². The first-order valence-electron chi connectivity index (χ1n) is 10.3. The number of hydrogen-bond donors (Lipinski definition) is 8. The van der Waals surface area contributed by atoms with Crippen molar-refractivity contribution in [2.24, 2.45) is 11.7 Å². The molecule has 11 nitrogen and oxygen atoms in total. The molecule has 0 heterocycles. The number of aliphatic carboxylic acids is 2. The summed E-state index contributed by atoms with van der Waals surface area (Å²) in [6, 6.07) is -4.42. The molecular weight excluding hydrogens is 460 g/mol. The average molecular weight is 495 g/mol. The number of carboxylic acid groups (broad SMARTS) is 2. The van der Waals surface area contributed by atoms with Crippen LogP contribution in [0.25, 0.3) is 0 Å². The molecule has 0 rings (SSSR count). The Morgan fingerprint density at radius 1 is 0.781 bits per heavy atom. The van der Waals surface area contributed by atoms with Crippen LogP contribution in [0.3, 0.4) is 0 Å². The first-order valence-corrected chi connectivity index (χ1v) is 11.5. The lowest BCUT2D eigenvalue weighted by atomic mass is 10.0. The smallest absolute Gasteiger partial charge is 0.326 e. The van der Waals surface area contributed by atoms with E-state index in [9.17, 15) is 29.1 Å². The average Bonchev–Trinajstić information content (AvgIpc) is 2.69. The van der Waals surface area contributed by atoms with Gasteiger partial charge in [-0.3, -0.25) is 19.2 Å². The number of carbonyl (C=O) groups excluding carboxylic acids is 3. The van der Waals surface area contributed by atoms with E-state index in [1.807, 2.05) is 13.8 Å². The highest BCUT2D eigenvalue weighted by molar-refractivity contribution is 7.80. The van der Waals surface area contributed by atoms with E-state index in [2.05, 4.69) is 41.2 Å². The molecule has 0 fully saturated rings. The van der Waals surface area contributed by atoms with E-state index in [0.717, 1.165) is 0 Å². The lowest BCUT2D eigenvalue weighted by Crippen LogP contribution is -2.57. The lowest BCUT2D eigenvalue weighted by Gasteiger charge is -2.26. The molecule has 32 heavy (non-hydrogen) atoms. The maximum atomic E-state index is 12.8. The van der Waals surface area contributed by atoms with E-state index < -0.39 is 60.2 Å². The third-order valence-electron chi connectivity index (χ3n) is 4.43. The molecule has 0 radical (unpaired) electrons. The molecule has 13 heteroatoms. The Kier molecular flexibility index (Phi) is 14.8. The van der Waals surface area contributed by atoms with Gasteiger partial charge < -0.3 is 31.9 Å². The van der Waals surface area contributed by atoms with E-state index in [1.165, 1.54) is 0 Å². The van der Waals surface area contributed by atoms with Crippen LogP contribution in [0.2, 0.25) is 0 Å². The topological polar surface area (TPSA) is 188 Å². The molecule has 0 unspecified atom stereocenters. The van der Waals surface area contributed by atoms with Crippen molar-refractivity contribution >= 4 is 54.9 Å². The minimum Gasteiger partial charge on any atom is -0.481 e. The molecule has 4 atom stereocenters. The van der Waals surface area contributed by atoms with Gasteiger partial charge in [-0.1, -0.05) is 13.8 Å². The Labute approximate surface area is 198 Å². The summed E-state index contributed by atoms with van der Waals surface area (Å²) in [5, 5.41) is 25.5. The van der Waals surface area contributed by atoms with Crippen molar-refractivity contribution in [1.82, 2.24) is 16.0 Å². The number of hydrogen-bond acceptors (Lipinski definition) is 8. The van der Waals surface area contributed by atoms with E-state index in [4.69, 9.17) is 10.8 Å². The van der Waals surface area contributed by atoms with Gasteiger partial charge in [-0.2, -0.15) is 25.3 Å². The maximum Gasteiger partial charge on any atom is 0.326 e. The zero-order chi connectivity index (χ0) is 24.8. The highest BCUT2D eigenvalue weighted by atomic mass is 32.1. The van der Waals surface area contributed by atoms with E-state index in [0.29, 0.717) is 5.75 Å². The SMILES string of the molecule is CC(C)C[C@H](NC(=O)[C@H](CCC(=O)O)NC(=O)[C@@H](N)CCS)C(=O)N[C@H](CCS)C(=O)O. The summed E-state index contributed by atoms with van der Waals surface area (Å²) in [5.41, 5.74) is 5.72. The van der Waals surface area contributed by atoms with Crippen molar-refractivity contribution in [1.29, 1.82) is 0 Å². The van der Waals surface area contributed by atoms with Gasteiger partial charge in [0.2, 0.25) is 17.7 Å². The molecule has 0 aromatic rings. The third-order valence-corrected chi connectivity index (χ3v) is 4.95. The van der Waals surface area contributed by atoms with Crippen molar-refractivity contribution in [2.75, 3.05) is 11.5 Å². The van der Waals surface area contributed by atoms with Gasteiger partial charge in [0.05, 0.1) is 6.04 Å². The number of nitrogens with two attached hydrogens (primary N) is 1. The Hall–Kier alpha value is -1.99. The summed E-state index contributed by atoms with van der Waals surface area (Å²) >= 11 is 7.98. The lowest BCUT2D eigenvalue weighted by molar-refractivity contribution is -0.142. The molecule has 0 saturated carbocycles. The van der Waals surface area contributed by atoms with Crippen molar-refractivity contribution in [3.63, 3.8) is 0 Å². The monoisotopic (exact) mass is 494 g/mol. The molecule has 0 aromatic carbocycles. The van der Waals surface area contributed by atoms with Gasteiger partial charge in [-0.15, -0.1) is 0 Å². The number of thiol groups is 2. The van der Waals surface area contributed by atoms with Crippen LogP contribution < -0.4 is 21.7 Å². The zero-order valence-corrected chi connectivity index (χ0v) is 20.0. The van der Waals surface area contributed by atoms with Gasteiger partial charge in [0, 0.05) is 6.42 Å². The number of rotatable bonds is 16. The number of amides is 3. The molecule has 0 bridgehead atoms. The molecule has 184 valence electrons. The van der Waals surface area contributed by atoms with Crippen molar-refractivity contribution in [2.45, 2.75) is 70.1 Å². The summed E-state index contributed by atoms with van der Waals surface area (Å²) in [6.07, 6.45) is -0.0725. The van der Waals surface area contributed by atoms with Gasteiger partial charge in [0.15, 0.2) is 0 Å². The Morgan fingerprint density at radius 2 is 1.28 bits per heavy atom.